The number of hydrazone groups is 1. The molecule has 0 bridgehead atoms. The van der Waals surface area contributed by atoms with E-state index in [0.717, 1.165) is 22.6 Å². The fraction of sp³-hybridized carbons (Fsp3) is 0.263. The summed E-state index contributed by atoms with van der Waals surface area (Å²) < 4.78 is 5.96. The van der Waals surface area contributed by atoms with Crippen LogP contribution in [0.25, 0.3) is 0 Å². The minimum Gasteiger partial charge on any atom is -0.492 e. The topological polar surface area (TPSA) is 41.9 Å². The van der Waals surface area contributed by atoms with Crippen LogP contribution in [-0.4, -0.2) is 23.2 Å². The maximum atomic E-state index is 12.3. The van der Waals surface area contributed by atoms with Crippen molar-refractivity contribution in [1.29, 1.82) is 0 Å². The number of carbonyl (C=O) groups excluding carboxylic acids is 1. The van der Waals surface area contributed by atoms with Crippen LogP contribution >= 0.6 is 0 Å². The quantitative estimate of drug-likeness (QED) is 0.812. The molecule has 0 aromatic heterocycles. The second-order valence-electron chi connectivity index (χ2n) is 6.19. The number of benzene rings is 2. The maximum Gasteiger partial charge on any atom is 0.240 e. The zero-order chi connectivity index (χ0) is 16.0. The lowest BCUT2D eigenvalue weighted by Crippen LogP contribution is -2.48. The molecule has 2 heterocycles. The van der Waals surface area contributed by atoms with Crippen molar-refractivity contribution in [2.75, 3.05) is 6.61 Å². The van der Waals surface area contributed by atoms with Gasteiger partial charge in [-0.3, -0.25) is 4.79 Å². The van der Waals surface area contributed by atoms with Crippen LogP contribution in [0, 0.1) is 5.92 Å². The molecule has 2 atom stereocenters. The molecular weight excluding hydrogens is 288 g/mol. The molecule has 4 rings (SSSR count). The van der Waals surface area contributed by atoms with Crippen molar-refractivity contribution in [1.82, 2.24) is 5.01 Å². The Hall–Kier alpha value is -2.62. The third-order valence-corrected chi connectivity index (χ3v) is 4.88. The van der Waals surface area contributed by atoms with E-state index in [-0.39, 0.29) is 11.8 Å². The monoisotopic (exact) mass is 306 g/mol. The highest BCUT2D eigenvalue weighted by Crippen LogP contribution is 2.46. The molecule has 4 heteroatoms. The van der Waals surface area contributed by atoms with Crippen molar-refractivity contribution in [2.45, 2.75) is 19.4 Å². The number of para-hydroxylation sites is 1. The summed E-state index contributed by atoms with van der Waals surface area (Å²) in [5.41, 5.74) is 2.46. The molecule has 0 aliphatic carbocycles. The molecule has 23 heavy (non-hydrogen) atoms. The third-order valence-electron chi connectivity index (χ3n) is 4.88. The van der Waals surface area contributed by atoms with Gasteiger partial charge in [0.25, 0.3) is 0 Å². The van der Waals surface area contributed by atoms with E-state index in [0.29, 0.717) is 6.61 Å². The largest absolute Gasteiger partial charge is 0.492 e. The first-order valence-electron chi connectivity index (χ1n) is 7.79. The van der Waals surface area contributed by atoms with Crippen molar-refractivity contribution in [3.63, 3.8) is 0 Å². The highest BCUT2D eigenvalue weighted by Gasteiger charge is 2.52. The minimum absolute atomic E-state index is 0.0173. The number of hydrogen-bond acceptors (Lipinski definition) is 3. The van der Waals surface area contributed by atoms with E-state index in [1.54, 1.807) is 11.9 Å². The summed E-state index contributed by atoms with van der Waals surface area (Å²) in [5, 5.41) is 6.32. The molecule has 0 N–H and O–H groups in total. The van der Waals surface area contributed by atoms with Gasteiger partial charge in [0.15, 0.2) is 0 Å². The van der Waals surface area contributed by atoms with Gasteiger partial charge in [0.1, 0.15) is 11.3 Å². The molecule has 0 saturated carbocycles. The average Bonchev–Trinajstić information content (AvgIpc) is 2.90. The summed E-state index contributed by atoms with van der Waals surface area (Å²) in [6, 6.07) is 18.0. The first kappa shape index (κ1) is 14.0. The third kappa shape index (κ3) is 1.91. The van der Waals surface area contributed by atoms with Crippen LogP contribution in [0.15, 0.2) is 59.7 Å². The molecule has 2 unspecified atom stereocenters. The number of carbonyl (C=O) groups is 1. The summed E-state index contributed by atoms with van der Waals surface area (Å²) in [4.78, 5) is 12.3. The Balaban J connectivity index is 1.89. The zero-order valence-electron chi connectivity index (χ0n) is 13.2. The smallest absolute Gasteiger partial charge is 0.240 e. The van der Waals surface area contributed by atoms with Gasteiger partial charge in [-0.25, -0.2) is 5.01 Å². The van der Waals surface area contributed by atoms with Crippen LogP contribution in [0.1, 0.15) is 25.0 Å². The Kier molecular flexibility index (Phi) is 3.01. The van der Waals surface area contributed by atoms with E-state index >= 15 is 0 Å². The summed E-state index contributed by atoms with van der Waals surface area (Å²) in [6.45, 7) is 4.16. The van der Waals surface area contributed by atoms with Gasteiger partial charge in [-0.05, 0) is 24.6 Å². The van der Waals surface area contributed by atoms with E-state index in [1.807, 2.05) is 42.5 Å². The summed E-state index contributed by atoms with van der Waals surface area (Å²) in [5.74, 6) is 0.794. The molecule has 4 nitrogen and oxygen atoms in total. The molecular formula is C19H18N2O2. The fourth-order valence-corrected chi connectivity index (χ4v) is 3.65. The highest BCUT2D eigenvalue weighted by molar-refractivity contribution is 6.08. The van der Waals surface area contributed by atoms with E-state index in [1.165, 1.54) is 0 Å². The Labute approximate surface area is 135 Å². The van der Waals surface area contributed by atoms with Crippen molar-refractivity contribution < 1.29 is 9.53 Å². The van der Waals surface area contributed by atoms with Crippen molar-refractivity contribution in [3.8, 4) is 5.75 Å². The molecule has 2 aliphatic heterocycles. The van der Waals surface area contributed by atoms with Crippen LogP contribution in [0.3, 0.4) is 0 Å². The normalized spacial score (nSPS) is 25.2. The molecule has 116 valence electrons. The number of fused-ring (bicyclic) bond motifs is 3. The van der Waals surface area contributed by atoms with Gasteiger partial charge >= 0.3 is 0 Å². The SMILES string of the molecule is CC(=O)N1N=C2c3ccccc3OCC2C1(C)c1ccccc1. The lowest BCUT2D eigenvalue weighted by molar-refractivity contribution is -0.135. The first-order chi connectivity index (χ1) is 11.1. The van der Waals surface area contributed by atoms with E-state index in [9.17, 15) is 4.79 Å². The fourth-order valence-electron chi connectivity index (χ4n) is 3.65. The Morgan fingerprint density at radius 2 is 1.87 bits per heavy atom. The van der Waals surface area contributed by atoms with Crippen molar-refractivity contribution in [3.05, 3.63) is 65.7 Å². The average molecular weight is 306 g/mol. The maximum absolute atomic E-state index is 12.3. The lowest BCUT2D eigenvalue weighted by atomic mass is 9.75. The Bertz CT molecular complexity index is 800. The van der Waals surface area contributed by atoms with Gasteiger partial charge in [0.05, 0.1) is 18.2 Å². The molecule has 0 spiro atoms. The van der Waals surface area contributed by atoms with Crippen LogP contribution in [-0.2, 0) is 10.3 Å². The summed E-state index contributed by atoms with van der Waals surface area (Å²) in [7, 11) is 0. The standard InChI is InChI=1S/C19H18N2O2/c1-13(22)21-19(2,14-8-4-3-5-9-14)16-12-23-17-11-7-6-10-15(17)18(16)20-21/h3-11,16H,12H2,1-2H3. The van der Waals surface area contributed by atoms with Gasteiger partial charge in [-0.2, -0.15) is 5.10 Å². The second kappa shape index (κ2) is 4.95. The number of rotatable bonds is 1. The van der Waals surface area contributed by atoms with E-state index in [2.05, 4.69) is 19.1 Å². The number of hydrogen-bond donors (Lipinski definition) is 0. The molecule has 0 saturated heterocycles. The molecule has 2 aromatic rings. The first-order valence-corrected chi connectivity index (χ1v) is 7.79. The van der Waals surface area contributed by atoms with Crippen molar-refractivity contribution >= 4 is 11.6 Å². The van der Waals surface area contributed by atoms with E-state index < -0.39 is 5.54 Å². The molecule has 0 radical (unpaired) electrons. The summed E-state index contributed by atoms with van der Waals surface area (Å²) in [6.07, 6.45) is 0. The van der Waals surface area contributed by atoms with Crippen LogP contribution in [0.5, 0.6) is 5.75 Å². The number of nitrogens with zero attached hydrogens (tertiary/aromatic N) is 2. The predicted octanol–water partition coefficient (Wildman–Crippen LogP) is 3.18. The second-order valence-corrected chi connectivity index (χ2v) is 6.19. The van der Waals surface area contributed by atoms with Gasteiger partial charge in [0, 0.05) is 12.5 Å². The molecule has 2 aromatic carbocycles. The van der Waals surface area contributed by atoms with E-state index in [4.69, 9.17) is 9.84 Å². The highest BCUT2D eigenvalue weighted by atomic mass is 16.5. The molecule has 2 aliphatic rings. The Morgan fingerprint density at radius 1 is 1.17 bits per heavy atom. The van der Waals surface area contributed by atoms with Crippen LogP contribution in [0.4, 0.5) is 0 Å². The van der Waals surface area contributed by atoms with Crippen LogP contribution < -0.4 is 4.74 Å². The predicted molar refractivity (Wildman–Crippen MR) is 88.3 cm³/mol. The van der Waals surface area contributed by atoms with Crippen molar-refractivity contribution in [2.24, 2.45) is 11.0 Å². The van der Waals surface area contributed by atoms with Gasteiger partial charge in [0.2, 0.25) is 5.91 Å². The van der Waals surface area contributed by atoms with Gasteiger partial charge < -0.3 is 4.74 Å². The minimum atomic E-state index is -0.532. The number of amides is 1. The molecule has 1 amide bonds. The Morgan fingerprint density at radius 3 is 2.61 bits per heavy atom. The number of ether oxygens (including phenoxy) is 1. The van der Waals surface area contributed by atoms with Crippen LogP contribution in [0.2, 0.25) is 0 Å². The molecule has 0 fully saturated rings. The zero-order valence-corrected chi connectivity index (χ0v) is 13.2. The summed E-state index contributed by atoms with van der Waals surface area (Å²) >= 11 is 0. The van der Waals surface area contributed by atoms with Gasteiger partial charge in [-0.15, -0.1) is 0 Å². The van der Waals surface area contributed by atoms with Gasteiger partial charge in [-0.1, -0.05) is 42.5 Å². The lowest BCUT2D eigenvalue weighted by Gasteiger charge is -2.39.